The zero-order chi connectivity index (χ0) is 19.3. The molecule has 2 bridgehead atoms. The molecule has 6 nitrogen and oxygen atoms in total. The monoisotopic (exact) mass is 380 g/mol. The molecule has 3 saturated carbocycles. The minimum Gasteiger partial charge on any atom is -0.467 e. The van der Waals surface area contributed by atoms with Crippen LogP contribution in [0.2, 0.25) is 0 Å². The fraction of sp³-hybridized carbons (Fsp3) is 0.455. The molecule has 2 amide bonds. The zero-order valence-corrected chi connectivity index (χ0v) is 15.9. The zero-order valence-electron chi connectivity index (χ0n) is 15.9. The number of aryl methyl sites for hydroxylation is 1. The lowest BCUT2D eigenvalue weighted by Gasteiger charge is -2.55. The second-order valence-electron chi connectivity index (χ2n) is 8.25. The number of carbonyl (C=O) groups is 2. The third-order valence-corrected chi connectivity index (χ3v) is 6.54. The van der Waals surface area contributed by atoms with E-state index >= 15 is 0 Å². The van der Waals surface area contributed by atoms with Gasteiger partial charge in [0.2, 0.25) is 5.91 Å². The largest absolute Gasteiger partial charge is 0.467 e. The van der Waals surface area contributed by atoms with Crippen LogP contribution in [0.25, 0.3) is 0 Å². The van der Waals surface area contributed by atoms with Crippen LogP contribution < -0.4 is 15.4 Å². The first kappa shape index (κ1) is 17.3. The van der Waals surface area contributed by atoms with Gasteiger partial charge in [0, 0.05) is 18.3 Å². The van der Waals surface area contributed by atoms with Crippen molar-refractivity contribution in [3.05, 3.63) is 53.5 Å². The summed E-state index contributed by atoms with van der Waals surface area (Å²) < 4.78 is 11.9. The molecule has 3 aliphatic carbocycles. The average molecular weight is 380 g/mol. The van der Waals surface area contributed by atoms with E-state index in [4.69, 9.17) is 9.15 Å². The SMILES string of the molecule is Cc1ccc(CNC(=O)[C@@H]2C[C@H]3CC[C@H]2C[C@]32NC(=O)c3ccccc3O2)o1. The smallest absolute Gasteiger partial charge is 0.258 e. The molecule has 1 aliphatic heterocycles. The lowest BCUT2D eigenvalue weighted by molar-refractivity contribution is -0.146. The molecular formula is C22H24N2O4. The Morgan fingerprint density at radius 1 is 1.25 bits per heavy atom. The summed E-state index contributed by atoms with van der Waals surface area (Å²) in [7, 11) is 0. The number of amides is 2. The highest BCUT2D eigenvalue weighted by Crippen LogP contribution is 2.52. The number of carbonyl (C=O) groups excluding carboxylic acids is 2. The third-order valence-electron chi connectivity index (χ3n) is 6.54. The Labute approximate surface area is 163 Å². The van der Waals surface area contributed by atoms with Crippen LogP contribution >= 0.6 is 0 Å². The van der Waals surface area contributed by atoms with Crippen molar-refractivity contribution in [2.24, 2.45) is 17.8 Å². The minimum atomic E-state index is -0.677. The van der Waals surface area contributed by atoms with Gasteiger partial charge in [-0.2, -0.15) is 0 Å². The summed E-state index contributed by atoms with van der Waals surface area (Å²) in [6, 6.07) is 11.2. The van der Waals surface area contributed by atoms with Gasteiger partial charge < -0.3 is 19.8 Å². The number of rotatable bonds is 3. The van der Waals surface area contributed by atoms with Crippen LogP contribution in [0.5, 0.6) is 5.75 Å². The maximum atomic E-state index is 12.8. The molecule has 1 aromatic heterocycles. The number of ether oxygens (including phenoxy) is 1. The molecule has 6 heteroatoms. The molecule has 1 spiro atoms. The Bertz CT molecular complexity index is 936. The molecule has 0 radical (unpaired) electrons. The number of hydrogen-bond acceptors (Lipinski definition) is 4. The Balaban J connectivity index is 1.30. The van der Waals surface area contributed by atoms with Crippen LogP contribution in [0.15, 0.2) is 40.8 Å². The maximum absolute atomic E-state index is 12.8. The lowest BCUT2D eigenvalue weighted by Crippen LogP contribution is -2.66. The molecule has 2 heterocycles. The quantitative estimate of drug-likeness (QED) is 0.857. The molecule has 4 atom stereocenters. The second kappa shape index (κ2) is 6.40. The number of nitrogens with one attached hydrogen (secondary N) is 2. The van der Waals surface area contributed by atoms with Crippen LogP contribution in [0.3, 0.4) is 0 Å². The Morgan fingerprint density at radius 3 is 2.86 bits per heavy atom. The Kier molecular flexibility index (Phi) is 3.96. The Hall–Kier alpha value is -2.76. The molecule has 0 saturated heterocycles. The topological polar surface area (TPSA) is 80.6 Å². The first-order valence-corrected chi connectivity index (χ1v) is 9.98. The van der Waals surface area contributed by atoms with Gasteiger partial charge in [-0.3, -0.25) is 9.59 Å². The molecule has 6 rings (SSSR count). The number of benzene rings is 1. The van der Waals surface area contributed by atoms with E-state index in [1.54, 1.807) is 6.07 Å². The van der Waals surface area contributed by atoms with Gasteiger partial charge in [0.15, 0.2) is 5.72 Å². The summed E-state index contributed by atoms with van der Waals surface area (Å²) in [5, 5.41) is 6.15. The van der Waals surface area contributed by atoms with Crippen LogP contribution in [-0.4, -0.2) is 17.5 Å². The molecule has 1 aromatic carbocycles. The van der Waals surface area contributed by atoms with Crippen molar-refractivity contribution >= 4 is 11.8 Å². The fourth-order valence-electron chi connectivity index (χ4n) is 5.17. The maximum Gasteiger partial charge on any atom is 0.258 e. The first-order chi connectivity index (χ1) is 13.5. The van der Waals surface area contributed by atoms with Crippen molar-refractivity contribution in [2.75, 3.05) is 0 Å². The molecule has 0 unspecified atom stereocenters. The minimum absolute atomic E-state index is 0.0434. The summed E-state index contributed by atoms with van der Waals surface area (Å²) in [5.41, 5.74) is -0.0962. The molecule has 4 aliphatic rings. The van der Waals surface area contributed by atoms with Gasteiger partial charge in [0.1, 0.15) is 17.3 Å². The van der Waals surface area contributed by atoms with Crippen LogP contribution in [0.4, 0.5) is 0 Å². The van der Waals surface area contributed by atoms with Gasteiger partial charge in [-0.15, -0.1) is 0 Å². The Morgan fingerprint density at radius 2 is 2.11 bits per heavy atom. The van der Waals surface area contributed by atoms with Gasteiger partial charge in [-0.25, -0.2) is 0 Å². The summed E-state index contributed by atoms with van der Waals surface area (Å²) in [4.78, 5) is 25.5. The predicted octanol–water partition coefficient (Wildman–Crippen LogP) is 3.16. The second-order valence-corrected chi connectivity index (χ2v) is 8.25. The summed E-state index contributed by atoms with van der Waals surface area (Å²) in [6.07, 6.45) is 3.37. The number of hydrogen-bond donors (Lipinski definition) is 2. The average Bonchev–Trinajstić information content (AvgIpc) is 3.11. The van der Waals surface area contributed by atoms with Crippen molar-refractivity contribution in [2.45, 2.75) is 44.9 Å². The number of fused-ring (bicyclic) bond motifs is 3. The highest BCUT2D eigenvalue weighted by atomic mass is 16.5. The van der Waals surface area contributed by atoms with Gasteiger partial charge in [0.05, 0.1) is 12.1 Å². The highest BCUT2D eigenvalue weighted by Gasteiger charge is 2.57. The third kappa shape index (κ3) is 2.79. The van der Waals surface area contributed by atoms with E-state index in [-0.39, 0.29) is 29.6 Å². The van der Waals surface area contributed by atoms with Crippen LogP contribution in [0, 0.1) is 24.7 Å². The van der Waals surface area contributed by atoms with Crippen LogP contribution in [0.1, 0.15) is 47.6 Å². The molecule has 2 aromatic rings. The lowest BCUT2D eigenvalue weighted by atomic mass is 9.60. The molecule has 3 fully saturated rings. The molecule has 28 heavy (non-hydrogen) atoms. The van der Waals surface area contributed by atoms with E-state index in [1.165, 1.54) is 0 Å². The summed E-state index contributed by atoms with van der Waals surface area (Å²) >= 11 is 0. The van der Waals surface area contributed by atoms with Gasteiger partial charge in [-0.1, -0.05) is 12.1 Å². The highest BCUT2D eigenvalue weighted by molar-refractivity contribution is 5.98. The van der Waals surface area contributed by atoms with E-state index in [9.17, 15) is 9.59 Å². The van der Waals surface area contributed by atoms with E-state index < -0.39 is 5.72 Å². The fourth-order valence-corrected chi connectivity index (χ4v) is 5.17. The van der Waals surface area contributed by atoms with E-state index in [0.717, 1.165) is 30.8 Å². The molecule has 146 valence electrons. The predicted molar refractivity (Wildman–Crippen MR) is 101 cm³/mol. The number of para-hydroxylation sites is 1. The van der Waals surface area contributed by atoms with E-state index in [1.807, 2.05) is 37.3 Å². The standard InChI is InChI=1S/C22H24N2O4/c1-13-6-9-16(27-13)12-23-20(25)18-10-15-8-7-14(18)11-22(15)24-21(26)17-4-2-3-5-19(17)28-22/h2-6,9,14-15,18H,7-8,10-12H2,1H3,(H,23,25)(H,24,26)/t14-,15+,18+,22+/m0/s1. The normalized spacial score (nSPS) is 30.5. The van der Waals surface area contributed by atoms with Crippen molar-refractivity contribution < 1.29 is 18.7 Å². The van der Waals surface area contributed by atoms with Gasteiger partial charge in [0.25, 0.3) is 5.91 Å². The summed E-state index contributed by atoms with van der Waals surface area (Å²) in [5.74, 6) is 2.54. The van der Waals surface area contributed by atoms with Gasteiger partial charge in [-0.05, 0) is 56.4 Å². The van der Waals surface area contributed by atoms with Crippen molar-refractivity contribution in [1.29, 1.82) is 0 Å². The van der Waals surface area contributed by atoms with Crippen molar-refractivity contribution in [3.63, 3.8) is 0 Å². The number of furan rings is 1. The van der Waals surface area contributed by atoms with E-state index in [0.29, 0.717) is 24.3 Å². The van der Waals surface area contributed by atoms with Crippen molar-refractivity contribution in [1.82, 2.24) is 10.6 Å². The van der Waals surface area contributed by atoms with Gasteiger partial charge >= 0.3 is 0 Å². The van der Waals surface area contributed by atoms with Crippen molar-refractivity contribution in [3.8, 4) is 5.75 Å². The summed E-state index contributed by atoms with van der Waals surface area (Å²) in [6.45, 7) is 2.30. The van der Waals surface area contributed by atoms with Crippen LogP contribution in [-0.2, 0) is 11.3 Å². The first-order valence-electron chi connectivity index (χ1n) is 9.98. The molecular weight excluding hydrogens is 356 g/mol. The van der Waals surface area contributed by atoms with E-state index in [2.05, 4.69) is 10.6 Å². The molecule has 2 N–H and O–H groups in total.